The van der Waals surface area contributed by atoms with Gasteiger partial charge in [0.15, 0.2) is 0 Å². The number of halogens is 1. The van der Waals surface area contributed by atoms with Crippen molar-refractivity contribution in [3.05, 3.63) is 41.8 Å². The number of hydrogen-bond donors (Lipinski definition) is 0. The van der Waals surface area contributed by atoms with Crippen LogP contribution in [0.25, 0.3) is 11.3 Å². The number of amides is 1. The number of nitrogens with zero attached hydrogens (tertiary/aromatic N) is 3. The van der Waals surface area contributed by atoms with Crippen LogP contribution in [0.15, 0.2) is 30.3 Å². The van der Waals surface area contributed by atoms with Crippen molar-refractivity contribution in [1.82, 2.24) is 14.7 Å². The van der Waals surface area contributed by atoms with Crippen molar-refractivity contribution in [2.45, 2.75) is 39.5 Å². The van der Waals surface area contributed by atoms with Gasteiger partial charge in [0.1, 0.15) is 11.4 Å². The van der Waals surface area contributed by atoms with Gasteiger partial charge in [0, 0.05) is 12.1 Å². The molecule has 1 aliphatic rings. The molecule has 122 valence electrons. The van der Waals surface area contributed by atoms with E-state index in [4.69, 9.17) is 4.74 Å². The molecule has 1 aromatic heterocycles. The third kappa shape index (κ3) is 3.52. The average Bonchev–Trinajstić information content (AvgIpc) is 2.88. The molecule has 1 aliphatic heterocycles. The van der Waals surface area contributed by atoms with Crippen LogP contribution < -0.4 is 0 Å². The van der Waals surface area contributed by atoms with Gasteiger partial charge in [-0.05, 0) is 39.0 Å². The van der Waals surface area contributed by atoms with Crippen molar-refractivity contribution < 1.29 is 13.9 Å². The van der Waals surface area contributed by atoms with Gasteiger partial charge in [0.25, 0.3) is 0 Å². The second kappa shape index (κ2) is 5.68. The van der Waals surface area contributed by atoms with E-state index in [0.717, 1.165) is 11.3 Å². The standard InChI is InChI=1S/C17H20FN3O2/c1-17(2,3)23-16(22)20-7-8-21-14(11-20)10-15(19-21)12-5-4-6-13(18)9-12/h4-6,9-10H,7-8,11H2,1-3H3. The zero-order valence-corrected chi connectivity index (χ0v) is 13.5. The summed E-state index contributed by atoms with van der Waals surface area (Å²) in [6, 6.07) is 8.24. The SMILES string of the molecule is CC(C)(C)OC(=O)N1CCn2nc(-c3cccc(F)c3)cc2C1. The molecule has 0 saturated carbocycles. The van der Waals surface area contributed by atoms with E-state index in [2.05, 4.69) is 5.10 Å². The van der Waals surface area contributed by atoms with E-state index in [1.165, 1.54) is 12.1 Å². The van der Waals surface area contributed by atoms with Gasteiger partial charge in [-0.1, -0.05) is 12.1 Å². The highest BCUT2D eigenvalue weighted by atomic mass is 19.1. The number of ether oxygens (including phenoxy) is 1. The minimum Gasteiger partial charge on any atom is -0.444 e. The molecule has 0 unspecified atom stereocenters. The highest BCUT2D eigenvalue weighted by molar-refractivity contribution is 5.68. The average molecular weight is 317 g/mol. The van der Waals surface area contributed by atoms with E-state index in [1.54, 1.807) is 11.0 Å². The van der Waals surface area contributed by atoms with E-state index in [-0.39, 0.29) is 11.9 Å². The Morgan fingerprint density at radius 2 is 2.04 bits per heavy atom. The Bertz CT molecular complexity index is 734. The van der Waals surface area contributed by atoms with Crippen LogP contribution in [0.1, 0.15) is 26.5 Å². The summed E-state index contributed by atoms with van der Waals surface area (Å²) in [5.41, 5.74) is 1.85. The van der Waals surface area contributed by atoms with Crippen LogP contribution in [0.3, 0.4) is 0 Å². The number of fused-ring (bicyclic) bond motifs is 1. The predicted molar refractivity (Wildman–Crippen MR) is 84.3 cm³/mol. The molecule has 2 heterocycles. The number of hydrogen-bond acceptors (Lipinski definition) is 3. The molecule has 0 bridgehead atoms. The second-order valence-electron chi connectivity index (χ2n) is 6.66. The zero-order chi connectivity index (χ0) is 16.6. The van der Waals surface area contributed by atoms with E-state index >= 15 is 0 Å². The molecule has 1 amide bonds. The first-order chi connectivity index (χ1) is 10.8. The number of aromatic nitrogens is 2. The topological polar surface area (TPSA) is 47.4 Å². The molecule has 0 N–H and O–H groups in total. The molecule has 0 saturated heterocycles. The number of carbonyl (C=O) groups excluding carboxylic acids is 1. The molecule has 23 heavy (non-hydrogen) atoms. The summed E-state index contributed by atoms with van der Waals surface area (Å²) in [4.78, 5) is 13.8. The molecular weight excluding hydrogens is 297 g/mol. The predicted octanol–water partition coefficient (Wildman–Crippen LogP) is 3.44. The Labute approximate surface area is 134 Å². The fourth-order valence-electron chi connectivity index (χ4n) is 2.54. The van der Waals surface area contributed by atoms with Crippen molar-refractivity contribution in [1.29, 1.82) is 0 Å². The molecule has 2 aromatic rings. The lowest BCUT2D eigenvalue weighted by Crippen LogP contribution is -2.41. The van der Waals surface area contributed by atoms with Crippen molar-refractivity contribution >= 4 is 6.09 Å². The summed E-state index contributed by atoms with van der Waals surface area (Å²) < 4.78 is 20.6. The summed E-state index contributed by atoms with van der Waals surface area (Å²) in [7, 11) is 0. The van der Waals surface area contributed by atoms with Crippen LogP contribution in [-0.4, -0.2) is 32.9 Å². The largest absolute Gasteiger partial charge is 0.444 e. The Morgan fingerprint density at radius 3 is 2.74 bits per heavy atom. The van der Waals surface area contributed by atoms with E-state index in [1.807, 2.05) is 37.6 Å². The smallest absolute Gasteiger partial charge is 0.410 e. The monoisotopic (exact) mass is 317 g/mol. The molecule has 1 aromatic carbocycles. The van der Waals surface area contributed by atoms with Crippen LogP contribution in [0.2, 0.25) is 0 Å². The molecule has 6 heteroatoms. The minimum absolute atomic E-state index is 0.288. The van der Waals surface area contributed by atoms with Gasteiger partial charge >= 0.3 is 6.09 Å². The maximum absolute atomic E-state index is 13.4. The summed E-state index contributed by atoms with van der Waals surface area (Å²) in [5, 5.41) is 4.50. The molecule has 0 atom stereocenters. The van der Waals surface area contributed by atoms with Crippen LogP contribution in [0.4, 0.5) is 9.18 Å². The van der Waals surface area contributed by atoms with Gasteiger partial charge < -0.3 is 9.64 Å². The Hall–Kier alpha value is -2.37. The lowest BCUT2D eigenvalue weighted by atomic mass is 10.1. The number of benzene rings is 1. The first-order valence-corrected chi connectivity index (χ1v) is 7.62. The van der Waals surface area contributed by atoms with Crippen molar-refractivity contribution in [3.63, 3.8) is 0 Å². The fraction of sp³-hybridized carbons (Fsp3) is 0.412. The van der Waals surface area contributed by atoms with E-state index in [9.17, 15) is 9.18 Å². The maximum Gasteiger partial charge on any atom is 0.410 e. The molecule has 0 fully saturated rings. The molecule has 0 aliphatic carbocycles. The second-order valence-corrected chi connectivity index (χ2v) is 6.66. The van der Waals surface area contributed by atoms with Gasteiger partial charge in [-0.2, -0.15) is 5.10 Å². The zero-order valence-electron chi connectivity index (χ0n) is 13.5. The van der Waals surface area contributed by atoms with Crippen LogP contribution in [-0.2, 0) is 17.8 Å². The third-order valence-corrected chi connectivity index (χ3v) is 3.57. The molecular formula is C17H20FN3O2. The maximum atomic E-state index is 13.4. The normalized spacial score (nSPS) is 14.5. The lowest BCUT2D eigenvalue weighted by molar-refractivity contribution is 0.0194. The van der Waals surface area contributed by atoms with Gasteiger partial charge in [-0.3, -0.25) is 4.68 Å². The van der Waals surface area contributed by atoms with Crippen molar-refractivity contribution in [3.8, 4) is 11.3 Å². The summed E-state index contributed by atoms with van der Waals surface area (Å²) in [5.74, 6) is -0.288. The van der Waals surface area contributed by atoms with Gasteiger partial charge in [0.2, 0.25) is 0 Å². The van der Waals surface area contributed by atoms with Crippen LogP contribution >= 0.6 is 0 Å². The summed E-state index contributed by atoms with van der Waals surface area (Å²) in [6.45, 7) is 7.14. The third-order valence-electron chi connectivity index (χ3n) is 3.57. The number of rotatable bonds is 1. The van der Waals surface area contributed by atoms with Crippen molar-refractivity contribution in [2.24, 2.45) is 0 Å². The van der Waals surface area contributed by atoms with Gasteiger partial charge in [0.05, 0.1) is 24.5 Å². The van der Waals surface area contributed by atoms with Crippen LogP contribution in [0, 0.1) is 5.82 Å². The highest BCUT2D eigenvalue weighted by Crippen LogP contribution is 2.23. The number of carbonyl (C=O) groups is 1. The van der Waals surface area contributed by atoms with Gasteiger partial charge in [-0.15, -0.1) is 0 Å². The Kier molecular flexibility index (Phi) is 3.83. The summed E-state index contributed by atoms with van der Waals surface area (Å²) >= 11 is 0. The minimum atomic E-state index is -0.512. The molecule has 5 nitrogen and oxygen atoms in total. The molecule has 3 rings (SSSR count). The Morgan fingerprint density at radius 1 is 1.26 bits per heavy atom. The summed E-state index contributed by atoms with van der Waals surface area (Å²) in [6.07, 6.45) is -0.322. The quantitative estimate of drug-likeness (QED) is 0.809. The first-order valence-electron chi connectivity index (χ1n) is 7.62. The molecule has 0 radical (unpaired) electrons. The van der Waals surface area contributed by atoms with E-state index < -0.39 is 5.60 Å². The van der Waals surface area contributed by atoms with Crippen molar-refractivity contribution in [2.75, 3.05) is 6.54 Å². The highest BCUT2D eigenvalue weighted by Gasteiger charge is 2.26. The fourth-order valence-corrected chi connectivity index (χ4v) is 2.54. The van der Waals surface area contributed by atoms with E-state index in [0.29, 0.717) is 25.3 Å². The Balaban J connectivity index is 1.78. The molecule has 0 spiro atoms. The first kappa shape index (κ1) is 15.5. The lowest BCUT2D eigenvalue weighted by Gasteiger charge is -2.30. The van der Waals surface area contributed by atoms with Crippen LogP contribution in [0.5, 0.6) is 0 Å². The van der Waals surface area contributed by atoms with Gasteiger partial charge in [-0.25, -0.2) is 9.18 Å².